The van der Waals surface area contributed by atoms with Gasteiger partial charge in [-0.15, -0.1) is 0 Å². The molecule has 2 aliphatic carbocycles. The Morgan fingerprint density at radius 1 is 1.46 bits per heavy atom. The van der Waals surface area contributed by atoms with Gasteiger partial charge in [0.2, 0.25) is 0 Å². The van der Waals surface area contributed by atoms with Crippen LogP contribution in [0.5, 0.6) is 0 Å². The van der Waals surface area contributed by atoms with Crippen LogP contribution in [0.15, 0.2) is 12.2 Å². The van der Waals surface area contributed by atoms with E-state index in [-0.39, 0.29) is 0 Å². The van der Waals surface area contributed by atoms with Gasteiger partial charge in [-0.05, 0) is 38.5 Å². The smallest absolute Gasteiger partial charge is 0.0692 e. The van der Waals surface area contributed by atoms with Crippen molar-refractivity contribution in [2.75, 3.05) is 7.11 Å². The van der Waals surface area contributed by atoms with Crippen LogP contribution in [0, 0.1) is 11.3 Å². The Morgan fingerprint density at radius 2 is 2.08 bits per heavy atom. The number of methoxy groups -OCH3 is 1. The maximum atomic E-state index is 5.68. The first-order valence-electron chi connectivity index (χ1n) is 5.39. The molecule has 0 N–H and O–H groups in total. The third-order valence-corrected chi connectivity index (χ3v) is 4.02. The number of hydrogen-bond acceptors (Lipinski definition) is 1. The van der Waals surface area contributed by atoms with Crippen LogP contribution in [0.25, 0.3) is 0 Å². The Hall–Kier alpha value is -0.300. The summed E-state index contributed by atoms with van der Waals surface area (Å²) in [4.78, 5) is 0. The Balaban J connectivity index is 2.07. The topological polar surface area (TPSA) is 9.23 Å². The average molecular weight is 180 g/mol. The lowest BCUT2D eigenvalue weighted by Crippen LogP contribution is -2.37. The maximum absolute atomic E-state index is 5.68. The van der Waals surface area contributed by atoms with Crippen molar-refractivity contribution in [3.05, 3.63) is 12.2 Å². The molecule has 74 valence electrons. The van der Waals surface area contributed by atoms with Gasteiger partial charge in [0.25, 0.3) is 0 Å². The lowest BCUT2D eigenvalue weighted by atomic mass is 9.73. The van der Waals surface area contributed by atoms with Gasteiger partial charge in [-0.1, -0.05) is 18.6 Å². The lowest BCUT2D eigenvalue weighted by molar-refractivity contribution is -0.0206. The first-order valence-corrected chi connectivity index (χ1v) is 5.39. The SMILES string of the molecule is C=C(C)C1(C(OC)C2CCC2)CC1. The van der Waals surface area contributed by atoms with Crippen molar-refractivity contribution in [1.82, 2.24) is 0 Å². The van der Waals surface area contributed by atoms with Crippen LogP contribution in [0.2, 0.25) is 0 Å². The fraction of sp³-hybridized carbons (Fsp3) is 0.833. The third kappa shape index (κ3) is 1.34. The largest absolute Gasteiger partial charge is 0.380 e. The minimum absolute atomic E-state index is 0.375. The quantitative estimate of drug-likeness (QED) is 0.604. The van der Waals surface area contributed by atoms with E-state index in [9.17, 15) is 0 Å². The van der Waals surface area contributed by atoms with Gasteiger partial charge in [0.15, 0.2) is 0 Å². The highest BCUT2D eigenvalue weighted by atomic mass is 16.5. The van der Waals surface area contributed by atoms with E-state index in [0.717, 1.165) is 5.92 Å². The van der Waals surface area contributed by atoms with Crippen molar-refractivity contribution in [3.8, 4) is 0 Å². The van der Waals surface area contributed by atoms with Crippen molar-refractivity contribution in [2.24, 2.45) is 11.3 Å². The highest BCUT2D eigenvalue weighted by Crippen LogP contribution is 2.58. The molecule has 13 heavy (non-hydrogen) atoms. The van der Waals surface area contributed by atoms with E-state index >= 15 is 0 Å². The summed E-state index contributed by atoms with van der Waals surface area (Å²) in [7, 11) is 1.87. The molecule has 1 heteroatoms. The summed E-state index contributed by atoms with van der Waals surface area (Å²) in [6.45, 7) is 6.28. The minimum Gasteiger partial charge on any atom is -0.380 e. The molecular weight excluding hydrogens is 160 g/mol. The Labute approximate surface area is 81.2 Å². The molecule has 1 atom stereocenters. The molecule has 1 nitrogen and oxygen atoms in total. The number of ether oxygens (including phenoxy) is 1. The lowest BCUT2D eigenvalue weighted by Gasteiger charge is -2.38. The van der Waals surface area contributed by atoms with Gasteiger partial charge in [0.1, 0.15) is 0 Å². The molecule has 0 amide bonds. The molecule has 0 heterocycles. The zero-order chi connectivity index (χ0) is 9.47. The van der Waals surface area contributed by atoms with Crippen molar-refractivity contribution < 1.29 is 4.74 Å². The second-order valence-corrected chi connectivity index (χ2v) is 4.78. The Morgan fingerprint density at radius 3 is 2.31 bits per heavy atom. The molecule has 2 rings (SSSR count). The van der Waals surface area contributed by atoms with E-state index in [1.807, 2.05) is 7.11 Å². The molecular formula is C12H20O. The fourth-order valence-corrected chi connectivity index (χ4v) is 2.70. The molecule has 0 bridgehead atoms. The first kappa shape index (κ1) is 9.26. The second-order valence-electron chi connectivity index (χ2n) is 4.78. The summed E-state index contributed by atoms with van der Waals surface area (Å²) in [6, 6.07) is 0. The van der Waals surface area contributed by atoms with Gasteiger partial charge in [0, 0.05) is 12.5 Å². The summed E-state index contributed by atoms with van der Waals surface area (Å²) < 4.78 is 5.68. The van der Waals surface area contributed by atoms with Crippen LogP contribution in [-0.2, 0) is 4.74 Å². The zero-order valence-corrected chi connectivity index (χ0v) is 8.81. The van der Waals surface area contributed by atoms with E-state index in [2.05, 4.69) is 13.5 Å². The zero-order valence-electron chi connectivity index (χ0n) is 8.81. The monoisotopic (exact) mass is 180 g/mol. The van der Waals surface area contributed by atoms with E-state index in [0.29, 0.717) is 11.5 Å². The molecule has 2 fully saturated rings. The standard InChI is InChI=1S/C12H20O/c1-9(2)12(7-8-12)11(13-3)10-5-4-6-10/h10-11H,1,4-8H2,2-3H3. The highest BCUT2D eigenvalue weighted by molar-refractivity contribution is 5.21. The molecule has 0 aromatic carbocycles. The van der Waals surface area contributed by atoms with Gasteiger partial charge in [-0.2, -0.15) is 0 Å². The summed E-state index contributed by atoms with van der Waals surface area (Å²) in [5.74, 6) is 0.823. The summed E-state index contributed by atoms with van der Waals surface area (Å²) >= 11 is 0. The fourth-order valence-electron chi connectivity index (χ4n) is 2.70. The van der Waals surface area contributed by atoms with Crippen LogP contribution in [0.1, 0.15) is 39.0 Å². The van der Waals surface area contributed by atoms with Crippen LogP contribution in [0.3, 0.4) is 0 Å². The minimum atomic E-state index is 0.375. The Bertz CT molecular complexity index is 211. The normalized spacial score (nSPS) is 27.8. The Kier molecular flexibility index (Phi) is 2.23. The van der Waals surface area contributed by atoms with E-state index in [4.69, 9.17) is 4.74 Å². The van der Waals surface area contributed by atoms with E-state index < -0.39 is 0 Å². The van der Waals surface area contributed by atoms with Gasteiger partial charge in [0.05, 0.1) is 6.10 Å². The van der Waals surface area contributed by atoms with Crippen LogP contribution >= 0.6 is 0 Å². The van der Waals surface area contributed by atoms with Gasteiger partial charge >= 0.3 is 0 Å². The maximum Gasteiger partial charge on any atom is 0.0692 e. The molecule has 0 aliphatic heterocycles. The van der Waals surface area contributed by atoms with Gasteiger partial charge in [-0.3, -0.25) is 0 Å². The highest BCUT2D eigenvalue weighted by Gasteiger charge is 2.53. The van der Waals surface area contributed by atoms with Crippen molar-refractivity contribution in [3.63, 3.8) is 0 Å². The molecule has 0 spiro atoms. The molecule has 2 saturated carbocycles. The number of hydrogen-bond donors (Lipinski definition) is 0. The van der Waals surface area contributed by atoms with Crippen LogP contribution < -0.4 is 0 Å². The van der Waals surface area contributed by atoms with Gasteiger partial charge in [-0.25, -0.2) is 0 Å². The predicted molar refractivity (Wildman–Crippen MR) is 54.6 cm³/mol. The average Bonchev–Trinajstić information content (AvgIpc) is 2.76. The number of rotatable bonds is 4. The van der Waals surface area contributed by atoms with Crippen molar-refractivity contribution in [2.45, 2.75) is 45.1 Å². The third-order valence-electron chi connectivity index (χ3n) is 4.02. The molecule has 0 radical (unpaired) electrons. The van der Waals surface area contributed by atoms with Crippen molar-refractivity contribution >= 4 is 0 Å². The van der Waals surface area contributed by atoms with Gasteiger partial charge < -0.3 is 4.74 Å². The van der Waals surface area contributed by atoms with Crippen LogP contribution in [0.4, 0.5) is 0 Å². The van der Waals surface area contributed by atoms with Crippen LogP contribution in [-0.4, -0.2) is 13.2 Å². The summed E-state index contributed by atoms with van der Waals surface area (Å²) in [5, 5.41) is 0. The summed E-state index contributed by atoms with van der Waals surface area (Å²) in [5.41, 5.74) is 1.71. The predicted octanol–water partition coefficient (Wildman–Crippen LogP) is 3.16. The second kappa shape index (κ2) is 3.13. The van der Waals surface area contributed by atoms with Crippen molar-refractivity contribution in [1.29, 1.82) is 0 Å². The molecule has 2 aliphatic rings. The molecule has 1 unspecified atom stereocenters. The van der Waals surface area contributed by atoms with E-state index in [1.54, 1.807) is 0 Å². The summed E-state index contributed by atoms with van der Waals surface area (Å²) in [6.07, 6.45) is 7.21. The molecule has 0 aromatic heterocycles. The molecule has 0 saturated heterocycles. The first-order chi connectivity index (χ1) is 6.20. The molecule has 0 aromatic rings. The van der Waals surface area contributed by atoms with E-state index in [1.165, 1.54) is 37.7 Å².